The Hall–Kier alpha value is -2.11. The van der Waals surface area contributed by atoms with Gasteiger partial charge in [-0.3, -0.25) is 9.78 Å². The second-order valence-corrected chi connectivity index (χ2v) is 5.37. The number of hydrogen-bond acceptors (Lipinski definition) is 3. The average molecular weight is 291 g/mol. The van der Waals surface area contributed by atoms with Gasteiger partial charge in [-0.1, -0.05) is 6.07 Å². The lowest BCUT2D eigenvalue weighted by Gasteiger charge is -2.16. The minimum Gasteiger partial charge on any atom is -0.481 e. The summed E-state index contributed by atoms with van der Waals surface area (Å²) in [5.74, 6) is -1.25. The highest BCUT2D eigenvalue weighted by molar-refractivity contribution is 5.77. The Morgan fingerprint density at radius 1 is 1.52 bits per heavy atom. The van der Waals surface area contributed by atoms with Crippen molar-refractivity contribution in [2.24, 2.45) is 5.92 Å². The molecule has 0 spiro atoms. The van der Waals surface area contributed by atoms with Crippen LogP contribution in [0.2, 0.25) is 0 Å². The maximum atomic E-state index is 11.9. The molecule has 1 aliphatic heterocycles. The molecule has 1 saturated heterocycles. The molecule has 0 bridgehead atoms. The van der Waals surface area contributed by atoms with Gasteiger partial charge in [0, 0.05) is 31.5 Å². The molecule has 1 aromatic heterocycles. The van der Waals surface area contributed by atoms with E-state index in [1.165, 1.54) is 0 Å². The van der Waals surface area contributed by atoms with Crippen LogP contribution in [0.5, 0.6) is 0 Å². The number of nitrogens with zero attached hydrogens (tertiary/aromatic N) is 2. The smallest absolute Gasteiger partial charge is 0.317 e. The molecule has 1 unspecified atom stereocenters. The number of carbonyl (C=O) groups is 2. The molecule has 0 aromatic carbocycles. The summed E-state index contributed by atoms with van der Waals surface area (Å²) >= 11 is 0. The van der Waals surface area contributed by atoms with Crippen molar-refractivity contribution in [2.75, 3.05) is 19.6 Å². The molecule has 1 fully saturated rings. The molecule has 6 heteroatoms. The summed E-state index contributed by atoms with van der Waals surface area (Å²) < 4.78 is 0. The first-order valence-corrected chi connectivity index (χ1v) is 7.24. The number of carboxylic acid groups (broad SMARTS) is 1. The van der Waals surface area contributed by atoms with Gasteiger partial charge in [-0.2, -0.15) is 0 Å². The predicted octanol–water partition coefficient (Wildman–Crippen LogP) is 1.44. The summed E-state index contributed by atoms with van der Waals surface area (Å²) in [5.41, 5.74) is 2.21. The van der Waals surface area contributed by atoms with E-state index in [1.807, 2.05) is 19.1 Å². The number of aliphatic carboxylic acids is 1. The van der Waals surface area contributed by atoms with Gasteiger partial charge in [0.25, 0.3) is 0 Å². The van der Waals surface area contributed by atoms with Crippen LogP contribution in [0.1, 0.15) is 24.1 Å². The Kier molecular flexibility index (Phi) is 5.14. The third-order valence-electron chi connectivity index (χ3n) is 3.81. The van der Waals surface area contributed by atoms with E-state index in [2.05, 4.69) is 10.3 Å². The quantitative estimate of drug-likeness (QED) is 0.804. The number of urea groups is 1. The largest absolute Gasteiger partial charge is 0.481 e. The molecule has 21 heavy (non-hydrogen) atoms. The summed E-state index contributed by atoms with van der Waals surface area (Å²) in [7, 11) is 0. The lowest BCUT2D eigenvalue weighted by atomic mass is 10.1. The monoisotopic (exact) mass is 291 g/mol. The standard InChI is InChI=1S/C15H21N3O3/c1-11-4-2-7-16-13(11)5-3-8-17-15(21)18-9-6-12(10-18)14(19)20/h2,4,7,12H,3,5-6,8-10H2,1H3,(H,17,21)(H,19,20). The summed E-state index contributed by atoms with van der Waals surface area (Å²) in [6.45, 7) is 3.42. The van der Waals surface area contributed by atoms with E-state index in [9.17, 15) is 9.59 Å². The van der Waals surface area contributed by atoms with Crippen LogP contribution in [0.3, 0.4) is 0 Å². The van der Waals surface area contributed by atoms with Crippen LogP contribution in [-0.2, 0) is 11.2 Å². The van der Waals surface area contributed by atoms with E-state index < -0.39 is 11.9 Å². The van der Waals surface area contributed by atoms with Gasteiger partial charge in [0.05, 0.1) is 5.92 Å². The normalized spacial score (nSPS) is 17.8. The summed E-state index contributed by atoms with van der Waals surface area (Å²) in [6.07, 6.45) is 3.96. The summed E-state index contributed by atoms with van der Waals surface area (Å²) in [5, 5.41) is 11.8. The molecule has 1 aliphatic rings. The summed E-state index contributed by atoms with van der Waals surface area (Å²) in [6, 6.07) is 3.76. The highest BCUT2D eigenvalue weighted by Crippen LogP contribution is 2.16. The van der Waals surface area contributed by atoms with Crippen molar-refractivity contribution in [2.45, 2.75) is 26.2 Å². The molecular formula is C15H21N3O3. The Bertz CT molecular complexity index is 519. The molecule has 2 amide bonds. The Balaban J connectivity index is 1.68. The third kappa shape index (κ3) is 4.18. The van der Waals surface area contributed by atoms with E-state index in [0.717, 1.165) is 24.1 Å². The summed E-state index contributed by atoms with van der Waals surface area (Å²) in [4.78, 5) is 28.6. The van der Waals surface area contributed by atoms with Gasteiger partial charge in [0.2, 0.25) is 0 Å². The Morgan fingerprint density at radius 2 is 2.33 bits per heavy atom. The van der Waals surface area contributed by atoms with Crippen LogP contribution in [-0.4, -0.2) is 46.6 Å². The van der Waals surface area contributed by atoms with Gasteiger partial charge in [-0.15, -0.1) is 0 Å². The number of carbonyl (C=O) groups excluding carboxylic acids is 1. The fourth-order valence-electron chi connectivity index (χ4n) is 2.49. The molecule has 2 N–H and O–H groups in total. The molecule has 0 radical (unpaired) electrons. The number of nitrogens with one attached hydrogen (secondary N) is 1. The van der Waals surface area contributed by atoms with E-state index in [0.29, 0.717) is 26.1 Å². The van der Waals surface area contributed by atoms with Crippen LogP contribution in [0.4, 0.5) is 4.79 Å². The first kappa shape index (κ1) is 15.3. The maximum Gasteiger partial charge on any atom is 0.317 e. The predicted molar refractivity (Wildman–Crippen MR) is 78.0 cm³/mol. The molecule has 0 aliphatic carbocycles. The fraction of sp³-hybridized carbons (Fsp3) is 0.533. The molecule has 6 nitrogen and oxygen atoms in total. The van der Waals surface area contributed by atoms with E-state index >= 15 is 0 Å². The molecule has 2 heterocycles. The zero-order chi connectivity index (χ0) is 15.2. The number of aryl methyl sites for hydroxylation is 2. The fourth-order valence-corrected chi connectivity index (χ4v) is 2.49. The van der Waals surface area contributed by atoms with Crippen molar-refractivity contribution in [3.8, 4) is 0 Å². The number of aromatic nitrogens is 1. The Labute approximate surface area is 124 Å². The highest BCUT2D eigenvalue weighted by Gasteiger charge is 2.30. The first-order valence-electron chi connectivity index (χ1n) is 7.24. The van der Waals surface area contributed by atoms with Gasteiger partial charge in [0.1, 0.15) is 0 Å². The number of hydrogen-bond donors (Lipinski definition) is 2. The van der Waals surface area contributed by atoms with E-state index in [-0.39, 0.29) is 6.03 Å². The van der Waals surface area contributed by atoms with Crippen molar-refractivity contribution in [1.29, 1.82) is 0 Å². The topological polar surface area (TPSA) is 82.5 Å². The van der Waals surface area contributed by atoms with Gasteiger partial charge in [-0.05, 0) is 37.8 Å². The number of carboxylic acids is 1. The number of amides is 2. The van der Waals surface area contributed by atoms with Gasteiger partial charge in [0.15, 0.2) is 0 Å². The van der Waals surface area contributed by atoms with Crippen molar-refractivity contribution >= 4 is 12.0 Å². The van der Waals surface area contributed by atoms with Gasteiger partial charge in [-0.25, -0.2) is 4.79 Å². The zero-order valence-electron chi connectivity index (χ0n) is 12.2. The molecular weight excluding hydrogens is 270 g/mol. The Morgan fingerprint density at radius 3 is 3.00 bits per heavy atom. The molecule has 114 valence electrons. The van der Waals surface area contributed by atoms with E-state index in [1.54, 1.807) is 11.1 Å². The van der Waals surface area contributed by atoms with Crippen molar-refractivity contribution in [1.82, 2.24) is 15.2 Å². The minimum atomic E-state index is -0.823. The van der Waals surface area contributed by atoms with Gasteiger partial charge < -0.3 is 15.3 Å². The maximum absolute atomic E-state index is 11.9. The third-order valence-corrected chi connectivity index (χ3v) is 3.81. The number of pyridine rings is 1. The average Bonchev–Trinajstić information content (AvgIpc) is 2.95. The van der Waals surface area contributed by atoms with Gasteiger partial charge >= 0.3 is 12.0 Å². The second-order valence-electron chi connectivity index (χ2n) is 5.37. The second kappa shape index (κ2) is 7.06. The van der Waals surface area contributed by atoms with Crippen LogP contribution in [0.25, 0.3) is 0 Å². The number of likely N-dealkylation sites (tertiary alicyclic amines) is 1. The van der Waals surface area contributed by atoms with Crippen molar-refractivity contribution < 1.29 is 14.7 Å². The SMILES string of the molecule is Cc1cccnc1CCCNC(=O)N1CCC(C(=O)O)C1. The molecule has 1 atom stereocenters. The van der Waals surface area contributed by atoms with Crippen LogP contribution in [0.15, 0.2) is 18.3 Å². The van der Waals surface area contributed by atoms with Crippen LogP contribution >= 0.6 is 0 Å². The zero-order valence-corrected chi connectivity index (χ0v) is 12.2. The lowest BCUT2D eigenvalue weighted by Crippen LogP contribution is -2.39. The first-order chi connectivity index (χ1) is 10.1. The molecule has 1 aromatic rings. The highest BCUT2D eigenvalue weighted by atomic mass is 16.4. The van der Waals surface area contributed by atoms with Crippen molar-refractivity contribution in [3.63, 3.8) is 0 Å². The minimum absolute atomic E-state index is 0.170. The number of rotatable bonds is 5. The molecule has 0 saturated carbocycles. The lowest BCUT2D eigenvalue weighted by molar-refractivity contribution is -0.141. The van der Waals surface area contributed by atoms with Crippen LogP contribution < -0.4 is 5.32 Å². The molecule has 2 rings (SSSR count). The van der Waals surface area contributed by atoms with E-state index in [4.69, 9.17) is 5.11 Å². The van der Waals surface area contributed by atoms with Crippen molar-refractivity contribution in [3.05, 3.63) is 29.6 Å². The van der Waals surface area contributed by atoms with Crippen LogP contribution in [0, 0.1) is 12.8 Å².